The summed E-state index contributed by atoms with van der Waals surface area (Å²) in [4.78, 5) is 0. The van der Waals surface area contributed by atoms with E-state index in [-0.39, 0.29) is 24.5 Å². The molecule has 1 atom stereocenters. The summed E-state index contributed by atoms with van der Waals surface area (Å²) < 4.78 is 24.0. The Balaban J connectivity index is 1.86. The van der Waals surface area contributed by atoms with Crippen LogP contribution in [0.15, 0.2) is 48.5 Å². The number of hydrogen-bond donors (Lipinski definition) is 1. The van der Waals surface area contributed by atoms with Crippen molar-refractivity contribution < 1.29 is 19.0 Å². The molecule has 21 heavy (non-hydrogen) atoms. The van der Waals surface area contributed by atoms with Gasteiger partial charge in [-0.15, -0.1) is 0 Å². The van der Waals surface area contributed by atoms with Gasteiger partial charge >= 0.3 is 0 Å². The maximum atomic E-state index is 13.4. The first kappa shape index (κ1) is 14.8. The van der Waals surface area contributed by atoms with E-state index in [1.54, 1.807) is 18.2 Å². The van der Waals surface area contributed by atoms with Crippen LogP contribution in [0.5, 0.6) is 11.5 Å². The van der Waals surface area contributed by atoms with Gasteiger partial charge in [0.1, 0.15) is 48.3 Å². The van der Waals surface area contributed by atoms with Crippen LogP contribution in [0, 0.1) is 17.1 Å². The summed E-state index contributed by atoms with van der Waals surface area (Å²) in [6.07, 6.45) is -0.889. The van der Waals surface area contributed by atoms with Gasteiger partial charge in [0.25, 0.3) is 0 Å². The molecule has 2 rings (SSSR count). The molecule has 1 unspecified atom stereocenters. The van der Waals surface area contributed by atoms with E-state index < -0.39 is 11.9 Å². The van der Waals surface area contributed by atoms with Crippen molar-refractivity contribution in [3.8, 4) is 17.6 Å². The number of hydrogen-bond acceptors (Lipinski definition) is 4. The lowest BCUT2D eigenvalue weighted by atomic mass is 10.2. The fraction of sp³-hybridized carbons (Fsp3) is 0.188. The Hall–Kier alpha value is -2.58. The van der Waals surface area contributed by atoms with Crippen molar-refractivity contribution in [1.29, 1.82) is 5.26 Å². The van der Waals surface area contributed by atoms with Crippen molar-refractivity contribution in [1.82, 2.24) is 0 Å². The molecule has 0 amide bonds. The van der Waals surface area contributed by atoms with Gasteiger partial charge in [-0.2, -0.15) is 5.26 Å². The topological polar surface area (TPSA) is 62.5 Å². The molecule has 0 heterocycles. The summed E-state index contributed by atoms with van der Waals surface area (Å²) in [6, 6.07) is 14.9. The zero-order chi connectivity index (χ0) is 15.1. The third kappa shape index (κ3) is 4.20. The smallest absolute Gasteiger partial charge is 0.144 e. The lowest BCUT2D eigenvalue weighted by Crippen LogP contribution is -2.25. The average Bonchev–Trinajstić information content (AvgIpc) is 2.52. The monoisotopic (exact) mass is 287 g/mol. The zero-order valence-electron chi connectivity index (χ0n) is 11.2. The fourth-order valence-electron chi connectivity index (χ4n) is 1.68. The Morgan fingerprint density at radius 2 is 1.76 bits per heavy atom. The number of nitriles is 1. The van der Waals surface area contributed by atoms with E-state index in [0.29, 0.717) is 5.75 Å². The van der Waals surface area contributed by atoms with Crippen LogP contribution in [-0.4, -0.2) is 24.4 Å². The molecule has 0 fully saturated rings. The van der Waals surface area contributed by atoms with E-state index in [1.807, 2.05) is 18.2 Å². The molecule has 0 bridgehead atoms. The maximum Gasteiger partial charge on any atom is 0.144 e. The normalized spacial score (nSPS) is 11.5. The lowest BCUT2D eigenvalue weighted by molar-refractivity contribution is 0.0624. The standard InChI is InChI=1S/C16H14FNO3/c17-15-7-4-8-16(14(15)9-18)21-11-12(19)10-20-13-5-2-1-3-6-13/h1-8,12,19H,10-11H2. The molecule has 0 radical (unpaired) electrons. The van der Waals surface area contributed by atoms with Crippen LogP contribution < -0.4 is 9.47 Å². The molecule has 0 aliphatic rings. The van der Waals surface area contributed by atoms with Gasteiger partial charge in [-0.1, -0.05) is 24.3 Å². The molecule has 0 saturated carbocycles. The summed E-state index contributed by atoms with van der Waals surface area (Å²) in [5, 5.41) is 18.6. The molecule has 108 valence electrons. The van der Waals surface area contributed by atoms with E-state index in [0.717, 1.165) is 0 Å². The first-order valence-corrected chi connectivity index (χ1v) is 6.38. The molecule has 0 saturated heterocycles. The highest BCUT2D eigenvalue weighted by molar-refractivity contribution is 5.43. The minimum absolute atomic E-state index is 0.0429. The van der Waals surface area contributed by atoms with Gasteiger partial charge in [-0.3, -0.25) is 0 Å². The van der Waals surface area contributed by atoms with E-state index >= 15 is 0 Å². The Kier molecular flexibility index (Phi) is 5.13. The second-order valence-corrected chi connectivity index (χ2v) is 4.31. The number of nitrogens with zero attached hydrogens (tertiary/aromatic N) is 1. The molecule has 1 N–H and O–H groups in total. The van der Waals surface area contributed by atoms with Crippen LogP contribution in [0.4, 0.5) is 4.39 Å². The molecule has 0 spiro atoms. The summed E-state index contributed by atoms with van der Waals surface area (Å²) in [7, 11) is 0. The highest BCUT2D eigenvalue weighted by Crippen LogP contribution is 2.20. The molecular formula is C16H14FNO3. The first-order chi connectivity index (χ1) is 10.2. The van der Waals surface area contributed by atoms with Gasteiger partial charge in [-0.25, -0.2) is 4.39 Å². The number of halogens is 1. The van der Waals surface area contributed by atoms with E-state index in [1.165, 1.54) is 18.2 Å². The predicted molar refractivity (Wildman–Crippen MR) is 74.6 cm³/mol. The second-order valence-electron chi connectivity index (χ2n) is 4.31. The Morgan fingerprint density at radius 3 is 2.48 bits per heavy atom. The number of benzene rings is 2. The molecule has 5 heteroatoms. The van der Waals surface area contributed by atoms with Gasteiger partial charge in [0.2, 0.25) is 0 Å². The van der Waals surface area contributed by atoms with Crippen LogP contribution in [0.25, 0.3) is 0 Å². The Morgan fingerprint density at radius 1 is 1.05 bits per heavy atom. The molecular weight excluding hydrogens is 273 g/mol. The minimum atomic E-state index is -0.889. The highest BCUT2D eigenvalue weighted by Gasteiger charge is 2.12. The quantitative estimate of drug-likeness (QED) is 0.886. The van der Waals surface area contributed by atoms with Crippen molar-refractivity contribution in [2.75, 3.05) is 13.2 Å². The zero-order valence-corrected chi connectivity index (χ0v) is 11.2. The summed E-state index contributed by atoms with van der Waals surface area (Å²) in [6.45, 7) is -0.0494. The number of aliphatic hydroxyl groups is 1. The first-order valence-electron chi connectivity index (χ1n) is 6.38. The van der Waals surface area contributed by atoms with Crippen LogP contribution in [0.2, 0.25) is 0 Å². The van der Waals surface area contributed by atoms with Crippen LogP contribution in [-0.2, 0) is 0 Å². The fourth-order valence-corrected chi connectivity index (χ4v) is 1.68. The summed E-state index contributed by atoms with van der Waals surface area (Å²) in [5.74, 6) is 0.0984. The van der Waals surface area contributed by atoms with Gasteiger partial charge < -0.3 is 14.6 Å². The van der Waals surface area contributed by atoms with Crippen molar-refractivity contribution >= 4 is 0 Å². The molecule has 0 aliphatic heterocycles. The van der Waals surface area contributed by atoms with Gasteiger partial charge in [0.15, 0.2) is 0 Å². The number of rotatable bonds is 6. The molecule has 0 aromatic heterocycles. The Labute approximate surface area is 122 Å². The van der Waals surface area contributed by atoms with Gasteiger partial charge in [0, 0.05) is 0 Å². The van der Waals surface area contributed by atoms with E-state index in [2.05, 4.69) is 0 Å². The van der Waals surface area contributed by atoms with Crippen LogP contribution >= 0.6 is 0 Å². The predicted octanol–water partition coefficient (Wildman–Crippen LogP) is 2.52. The van der Waals surface area contributed by atoms with Gasteiger partial charge in [-0.05, 0) is 24.3 Å². The van der Waals surface area contributed by atoms with Gasteiger partial charge in [0.05, 0.1) is 0 Å². The number of para-hydroxylation sites is 1. The molecule has 0 aliphatic carbocycles. The molecule has 2 aromatic carbocycles. The SMILES string of the molecule is N#Cc1c(F)cccc1OCC(O)COc1ccccc1. The maximum absolute atomic E-state index is 13.4. The van der Waals surface area contributed by atoms with Crippen molar-refractivity contribution in [3.05, 3.63) is 59.9 Å². The highest BCUT2D eigenvalue weighted by atomic mass is 19.1. The largest absolute Gasteiger partial charge is 0.491 e. The van der Waals surface area contributed by atoms with Crippen molar-refractivity contribution in [3.63, 3.8) is 0 Å². The second kappa shape index (κ2) is 7.27. The molecule has 2 aromatic rings. The minimum Gasteiger partial charge on any atom is -0.491 e. The number of ether oxygens (including phenoxy) is 2. The van der Waals surface area contributed by atoms with E-state index in [4.69, 9.17) is 14.7 Å². The average molecular weight is 287 g/mol. The van der Waals surface area contributed by atoms with Crippen LogP contribution in [0.1, 0.15) is 5.56 Å². The molecule has 4 nitrogen and oxygen atoms in total. The van der Waals surface area contributed by atoms with E-state index in [9.17, 15) is 9.50 Å². The summed E-state index contributed by atoms with van der Waals surface area (Å²) >= 11 is 0. The Bertz CT molecular complexity index is 625. The van der Waals surface area contributed by atoms with Crippen molar-refractivity contribution in [2.45, 2.75) is 6.10 Å². The lowest BCUT2D eigenvalue weighted by Gasteiger charge is -2.14. The van der Waals surface area contributed by atoms with Crippen molar-refractivity contribution in [2.24, 2.45) is 0 Å². The van der Waals surface area contributed by atoms with Crippen LogP contribution in [0.3, 0.4) is 0 Å². The number of aliphatic hydroxyl groups excluding tert-OH is 1. The summed E-state index contributed by atoms with van der Waals surface area (Å²) in [5.41, 5.74) is -0.173. The third-order valence-electron chi connectivity index (χ3n) is 2.70. The third-order valence-corrected chi connectivity index (χ3v) is 2.70.